The van der Waals surface area contributed by atoms with Crippen LogP contribution in [0, 0.1) is 5.41 Å². The average molecular weight is 563 g/mol. The molecule has 2 aromatic carbocycles. The molecule has 0 bridgehead atoms. The number of benzene rings is 2. The van der Waals surface area contributed by atoms with Crippen LogP contribution in [0.15, 0.2) is 71.3 Å². The molecule has 0 radical (unpaired) electrons. The molecule has 2 aliphatic rings. The van der Waals surface area contributed by atoms with Gasteiger partial charge < -0.3 is 25.1 Å². The number of ether oxygens (including phenoxy) is 1. The molecule has 2 aromatic heterocycles. The van der Waals surface area contributed by atoms with E-state index in [0.29, 0.717) is 54.4 Å². The summed E-state index contributed by atoms with van der Waals surface area (Å²) in [6, 6.07) is 13.9. The molecule has 6 rings (SSSR count). The minimum Gasteiger partial charge on any atom is -0.459 e. The maximum atomic E-state index is 14.0. The largest absolute Gasteiger partial charge is 0.459 e. The third-order valence-electron chi connectivity index (χ3n) is 7.27. The third kappa shape index (κ3) is 5.40. The van der Waals surface area contributed by atoms with Crippen LogP contribution in [0.4, 0.5) is 19.0 Å². The van der Waals surface area contributed by atoms with Gasteiger partial charge >= 0.3 is 6.18 Å². The van der Waals surface area contributed by atoms with E-state index in [-0.39, 0.29) is 34.6 Å². The van der Waals surface area contributed by atoms with Crippen molar-refractivity contribution in [2.75, 3.05) is 32.0 Å². The Morgan fingerprint density at radius 2 is 1.80 bits per heavy atom. The van der Waals surface area contributed by atoms with Gasteiger partial charge in [0.15, 0.2) is 0 Å². The second-order valence-corrected chi connectivity index (χ2v) is 10.5. The minimum absolute atomic E-state index is 0.0945. The van der Waals surface area contributed by atoms with E-state index in [0.717, 1.165) is 6.07 Å². The lowest BCUT2D eigenvalue weighted by atomic mass is 9.78. The molecular formula is C30H25F3N4O4. The zero-order valence-corrected chi connectivity index (χ0v) is 21.7. The molecule has 1 spiro atoms. The van der Waals surface area contributed by atoms with Crippen molar-refractivity contribution in [1.29, 1.82) is 0 Å². The van der Waals surface area contributed by atoms with Gasteiger partial charge in [0.2, 0.25) is 5.91 Å². The molecule has 4 aromatic rings. The molecular weight excluding hydrogens is 537 g/mol. The van der Waals surface area contributed by atoms with Crippen LogP contribution in [0.3, 0.4) is 0 Å². The first-order valence-electron chi connectivity index (χ1n) is 12.9. The van der Waals surface area contributed by atoms with Crippen LogP contribution in [0.2, 0.25) is 0 Å². The van der Waals surface area contributed by atoms with Crippen molar-refractivity contribution in [1.82, 2.24) is 15.2 Å². The van der Waals surface area contributed by atoms with Gasteiger partial charge in [0, 0.05) is 36.3 Å². The van der Waals surface area contributed by atoms with E-state index in [9.17, 15) is 22.8 Å². The van der Waals surface area contributed by atoms with E-state index >= 15 is 0 Å². The number of pyridine rings is 1. The normalized spacial score (nSPS) is 16.1. The molecule has 210 valence electrons. The number of carbonyl (C=O) groups is 2. The zero-order valence-electron chi connectivity index (χ0n) is 21.7. The van der Waals surface area contributed by atoms with E-state index in [1.54, 1.807) is 47.4 Å². The van der Waals surface area contributed by atoms with Crippen molar-refractivity contribution >= 4 is 34.7 Å². The minimum atomic E-state index is -4.67. The molecule has 2 saturated heterocycles. The van der Waals surface area contributed by atoms with Crippen LogP contribution in [0.25, 0.3) is 28.2 Å². The number of carbonyl (C=O) groups excluding carboxylic acids is 2. The first-order valence-corrected chi connectivity index (χ1v) is 12.9. The maximum Gasteiger partial charge on any atom is 0.420 e. The van der Waals surface area contributed by atoms with E-state index in [2.05, 4.69) is 10.3 Å². The number of nitrogen functional groups attached to an aromatic ring is 1. The van der Waals surface area contributed by atoms with Gasteiger partial charge in [-0.25, -0.2) is 4.98 Å². The van der Waals surface area contributed by atoms with Gasteiger partial charge in [0.05, 0.1) is 30.7 Å². The number of furan rings is 1. The number of alkyl halides is 3. The second kappa shape index (κ2) is 10.1. The lowest BCUT2D eigenvalue weighted by molar-refractivity contribution is -0.176. The molecule has 8 nitrogen and oxygen atoms in total. The lowest BCUT2D eigenvalue weighted by Crippen LogP contribution is -2.67. The summed E-state index contributed by atoms with van der Waals surface area (Å²) < 4.78 is 52.8. The van der Waals surface area contributed by atoms with Gasteiger partial charge in [-0.1, -0.05) is 12.1 Å². The number of likely N-dealkylation sites (tertiary alicyclic amines) is 1. The number of fused-ring (bicyclic) bond motifs is 1. The van der Waals surface area contributed by atoms with E-state index < -0.39 is 17.6 Å². The summed E-state index contributed by atoms with van der Waals surface area (Å²) in [6.45, 7) is 2.53. The van der Waals surface area contributed by atoms with Crippen molar-refractivity contribution in [3.63, 3.8) is 0 Å². The molecule has 4 heterocycles. The summed E-state index contributed by atoms with van der Waals surface area (Å²) in [4.78, 5) is 30.7. The lowest BCUT2D eigenvalue weighted by Gasteiger charge is -2.54. The smallest absolute Gasteiger partial charge is 0.420 e. The van der Waals surface area contributed by atoms with Crippen LogP contribution in [-0.4, -0.2) is 48.0 Å². The van der Waals surface area contributed by atoms with Crippen molar-refractivity contribution in [3.05, 3.63) is 89.3 Å². The van der Waals surface area contributed by atoms with E-state index in [1.807, 2.05) is 0 Å². The molecule has 3 N–H and O–H groups in total. The SMILES string of the molecule is Nc1ccc(/C=C/C(=O)NCc2cc3cc(-c4ccc(C(=O)N5CC6(COC6)C5)cc4)cc(C(F)(F)F)c3o2)cn1. The zero-order chi connectivity index (χ0) is 28.8. The van der Waals surface area contributed by atoms with E-state index in [1.165, 1.54) is 24.4 Å². The predicted molar refractivity (Wildman–Crippen MR) is 145 cm³/mol. The number of amides is 2. The van der Waals surface area contributed by atoms with Gasteiger partial charge in [0.25, 0.3) is 5.91 Å². The summed E-state index contributed by atoms with van der Waals surface area (Å²) in [6.07, 6.45) is -0.342. The van der Waals surface area contributed by atoms with Crippen molar-refractivity contribution < 1.29 is 31.9 Å². The van der Waals surface area contributed by atoms with Gasteiger partial charge in [0.1, 0.15) is 17.2 Å². The Morgan fingerprint density at radius 3 is 2.44 bits per heavy atom. The van der Waals surface area contributed by atoms with Gasteiger partial charge in [-0.3, -0.25) is 9.59 Å². The highest BCUT2D eigenvalue weighted by atomic mass is 19.4. The number of hydrogen-bond acceptors (Lipinski definition) is 6. The van der Waals surface area contributed by atoms with Gasteiger partial charge in [-0.2, -0.15) is 13.2 Å². The third-order valence-corrected chi connectivity index (χ3v) is 7.27. The summed E-state index contributed by atoms with van der Waals surface area (Å²) in [7, 11) is 0. The fourth-order valence-electron chi connectivity index (χ4n) is 5.06. The fraction of sp³-hybridized carbons (Fsp3) is 0.233. The molecule has 0 atom stereocenters. The summed E-state index contributed by atoms with van der Waals surface area (Å²) in [5.74, 6) is -0.0429. The Balaban J connectivity index is 1.18. The van der Waals surface area contributed by atoms with E-state index in [4.69, 9.17) is 14.9 Å². The van der Waals surface area contributed by atoms with Crippen LogP contribution in [-0.2, 0) is 22.3 Å². The van der Waals surface area contributed by atoms with Crippen LogP contribution >= 0.6 is 0 Å². The highest BCUT2D eigenvalue weighted by Crippen LogP contribution is 2.40. The number of anilines is 1. The Labute approximate surface area is 232 Å². The number of rotatable bonds is 6. The van der Waals surface area contributed by atoms with Crippen molar-refractivity contribution in [2.24, 2.45) is 5.41 Å². The fourth-order valence-corrected chi connectivity index (χ4v) is 5.06. The molecule has 2 aliphatic heterocycles. The number of hydrogen-bond donors (Lipinski definition) is 2. The highest BCUT2D eigenvalue weighted by molar-refractivity contribution is 5.96. The summed E-state index contributed by atoms with van der Waals surface area (Å²) in [5, 5.41) is 2.85. The maximum absolute atomic E-state index is 14.0. The number of nitrogens with one attached hydrogen (secondary N) is 1. The Morgan fingerprint density at radius 1 is 1.05 bits per heavy atom. The number of halogens is 3. The number of aromatic nitrogens is 1. The molecule has 0 saturated carbocycles. The highest BCUT2D eigenvalue weighted by Gasteiger charge is 2.50. The number of nitrogens with zero attached hydrogens (tertiary/aromatic N) is 2. The topological polar surface area (TPSA) is 111 Å². The monoisotopic (exact) mass is 562 g/mol. The second-order valence-electron chi connectivity index (χ2n) is 10.5. The molecule has 11 heteroatoms. The van der Waals surface area contributed by atoms with Gasteiger partial charge in [-0.15, -0.1) is 0 Å². The first kappa shape index (κ1) is 26.6. The van der Waals surface area contributed by atoms with Crippen molar-refractivity contribution in [2.45, 2.75) is 12.7 Å². The van der Waals surface area contributed by atoms with Crippen molar-refractivity contribution in [3.8, 4) is 11.1 Å². The average Bonchev–Trinajstić information content (AvgIpc) is 3.32. The first-order chi connectivity index (χ1) is 19.6. The Bertz CT molecular complexity index is 1650. The molecule has 41 heavy (non-hydrogen) atoms. The molecule has 0 unspecified atom stereocenters. The van der Waals surface area contributed by atoms with Gasteiger partial charge in [-0.05, 0) is 65.2 Å². The quantitative estimate of drug-likeness (QED) is 0.324. The summed E-state index contributed by atoms with van der Waals surface area (Å²) in [5.41, 5.74) is 6.39. The standard InChI is InChI=1S/C30H25F3N4O4/c31-30(32,33)24-11-21(19-3-5-20(6-4-19)28(39)37-14-29(15-37)16-40-17-29)9-22-10-23(41-27(22)24)13-36-26(38)8-2-18-1-7-25(34)35-12-18/h1-12H,13-17H2,(H2,34,35)(H,36,38)/b8-2+. The summed E-state index contributed by atoms with van der Waals surface area (Å²) >= 11 is 0. The van der Waals surface area contributed by atoms with Crippen LogP contribution in [0.5, 0.6) is 0 Å². The number of nitrogens with two attached hydrogens (primary N) is 1. The Hall–Kier alpha value is -4.64. The molecule has 2 fully saturated rings. The Kier molecular flexibility index (Phi) is 6.53. The van der Waals surface area contributed by atoms with Crippen LogP contribution in [0.1, 0.15) is 27.2 Å². The molecule has 2 amide bonds. The van der Waals surface area contributed by atoms with Crippen LogP contribution < -0.4 is 11.1 Å². The molecule has 0 aliphatic carbocycles. The predicted octanol–water partition coefficient (Wildman–Crippen LogP) is 4.90.